The Morgan fingerprint density at radius 3 is 2.80 bits per heavy atom. The van der Waals surface area contributed by atoms with Crippen LogP contribution < -0.4 is 4.90 Å². The van der Waals surface area contributed by atoms with E-state index in [1.807, 2.05) is 11.9 Å². The molecule has 1 fully saturated rings. The minimum absolute atomic E-state index is 0.177. The molecule has 0 saturated carbocycles. The van der Waals surface area contributed by atoms with Gasteiger partial charge in [-0.3, -0.25) is 9.59 Å². The highest BCUT2D eigenvalue weighted by atomic mass is 16.2. The van der Waals surface area contributed by atoms with Crippen LogP contribution in [0.4, 0.5) is 5.82 Å². The molecule has 1 aromatic rings. The minimum atomic E-state index is 0.177. The van der Waals surface area contributed by atoms with Gasteiger partial charge in [-0.15, -0.1) is 0 Å². The summed E-state index contributed by atoms with van der Waals surface area (Å²) in [4.78, 5) is 31.4. The normalized spacial score (nSPS) is 18.4. The van der Waals surface area contributed by atoms with Crippen molar-refractivity contribution in [2.24, 2.45) is 0 Å². The molecule has 1 aromatic heterocycles. The van der Waals surface area contributed by atoms with Crippen LogP contribution in [0.5, 0.6) is 0 Å². The first-order valence-electron chi connectivity index (χ1n) is 7.16. The first-order chi connectivity index (χ1) is 9.69. The molecule has 0 N–H and O–H groups in total. The highest BCUT2D eigenvalue weighted by Crippen LogP contribution is 2.27. The van der Waals surface area contributed by atoms with Gasteiger partial charge in [0.1, 0.15) is 11.5 Å². The van der Waals surface area contributed by atoms with E-state index >= 15 is 0 Å². The Balaban J connectivity index is 1.93. The number of hydrogen-bond donors (Lipinski definition) is 0. The van der Waals surface area contributed by atoms with Crippen LogP contribution in [-0.2, 0) is 17.8 Å². The Kier molecular flexibility index (Phi) is 3.42. The predicted octanol–water partition coefficient (Wildman–Crippen LogP) is 1.40. The molecule has 20 heavy (non-hydrogen) atoms. The molecule has 0 bridgehead atoms. The lowest BCUT2D eigenvalue weighted by molar-refractivity contribution is -0.128. The fraction of sp³-hybridized carbons (Fsp3) is 0.533. The molecule has 0 atom stereocenters. The smallest absolute Gasteiger partial charge is 0.222 e. The highest BCUT2D eigenvalue weighted by Gasteiger charge is 2.23. The molecule has 0 unspecified atom stereocenters. The highest BCUT2D eigenvalue weighted by molar-refractivity contribution is 5.79. The standard InChI is InChI=1S/C15H19N3O2/c1-17-6-2-4-11-8-12(13(10-19)16-15(11)17)9-18-7-3-5-14(18)20/h8,10H,2-7,9H2,1H3. The van der Waals surface area contributed by atoms with Crippen LogP contribution in [0.1, 0.15) is 40.9 Å². The summed E-state index contributed by atoms with van der Waals surface area (Å²) in [6.07, 6.45) is 4.44. The Hall–Kier alpha value is -1.91. The zero-order chi connectivity index (χ0) is 14.1. The number of aryl methyl sites for hydroxylation is 1. The molecule has 5 nitrogen and oxygen atoms in total. The van der Waals surface area contributed by atoms with Crippen LogP contribution in [0.3, 0.4) is 0 Å². The van der Waals surface area contributed by atoms with E-state index in [1.165, 1.54) is 5.56 Å². The third-order valence-corrected chi connectivity index (χ3v) is 4.14. The van der Waals surface area contributed by atoms with Gasteiger partial charge >= 0.3 is 0 Å². The lowest BCUT2D eigenvalue weighted by Gasteiger charge is -2.27. The van der Waals surface area contributed by atoms with Crippen molar-refractivity contribution in [3.05, 3.63) is 22.9 Å². The number of likely N-dealkylation sites (tertiary alicyclic amines) is 1. The largest absolute Gasteiger partial charge is 0.359 e. The quantitative estimate of drug-likeness (QED) is 0.781. The average molecular weight is 273 g/mol. The number of hydrogen-bond acceptors (Lipinski definition) is 4. The molecule has 0 spiro atoms. The molecule has 1 saturated heterocycles. The van der Waals surface area contributed by atoms with Gasteiger partial charge in [0.05, 0.1) is 0 Å². The van der Waals surface area contributed by atoms with E-state index in [2.05, 4.69) is 16.0 Å². The number of amides is 1. The molecule has 2 aliphatic heterocycles. The van der Waals surface area contributed by atoms with Gasteiger partial charge in [0.2, 0.25) is 5.91 Å². The van der Waals surface area contributed by atoms with Crippen molar-refractivity contribution in [2.75, 3.05) is 25.0 Å². The van der Waals surface area contributed by atoms with E-state index in [0.29, 0.717) is 18.7 Å². The molecular weight excluding hydrogens is 254 g/mol. The van der Waals surface area contributed by atoms with Gasteiger partial charge in [-0.2, -0.15) is 0 Å². The predicted molar refractivity (Wildman–Crippen MR) is 75.9 cm³/mol. The minimum Gasteiger partial charge on any atom is -0.359 e. The summed E-state index contributed by atoms with van der Waals surface area (Å²) in [6.45, 7) is 2.27. The lowest BCUT2D eigenvalue weighted by Crippen LogP contribution is -2.28. The Morgan fingerprint density at radius 1 is 1.30 bits per heavy atom. The molecule has 0 aliphatic carbocycles. The molecule has 5 heteroatoms. The van der Waals surface area contributed by atoms with E-state index in [9.17, 15) is 9.59 Å². The summed E-state index contributed by atoms with van der Waals surface area (Å²) in [5.74, 6) is 1.09. The van der Waals surface area contributed by atoms with E-state index in [4.69, 9.17) is 0 Å². The van der Waals surface area contributed by atoms with E-state index in [0.717, 1.165) is 50.0 Å². The van der Waals surface area contributed by atoms with Crippen molar-refractivity contribution in [3.8, 4) is 0 Å². The van der Waals surface area contributed by atoms with Gasteiger partial charge in [0, 0.05) is 38.7 Å². The van der Waals surface area contributed by atoms with Crippen LogP contribution in [0.2, 0.25) is 0 Å². The van der Waals surface area contributed by atoms with E-state index in [-0.39, 0.29) is 5.91 Å². The fourth-order valence-electron chi connectivity index (χ4n) is 3.04. The van der Waals surface area contributed by atoms with Gasteiger partial charge in [0.15, 0.2) is 6.29 Å². The molecular formula is C15H19N3O2. The van der Waals surface area contributed by atoms with Gasteiger partial charge < -0.3 is 9.80 Å². The number of pyridine rings is 1. The average Bonchev–Trinajstić information content (AvgIpc) is 2.84. The maximum absolute atomic E-state index is 11.7. The Labute approximate surface area is 118 Å². The van der Waals surface area contributed by atoms with Crippen LogP contribution >= 0.6 is 0 Å². The van der Waals surface area contributed by atoms with Crippen LogP contribution in [-0.4, -0.2) is 42.2 Å². The number of anilines is 1. The molecule has 3 rings (SSSR count). The second-order valence-corrected chi connectivity index (χ2v) is 5.58. The van der Waals surface area contributed by atoms with Crippen molar-refractivity contribution in [2.45, 2.75) is 32.2 Å². The van der Waals surface area contributed by atoms with Gasteiger partial charge in [-0.25, -0.2) is 4.98 Å². The summed E-state index contributed by atoms with van der Waals surface area (Å²) < 4.78 is 0. The van der Waals surface area contributed by atoms with Crippen molar-refractivity contribution in [1.82, 2.24) is 9.88 Å². The topological polar surface area (TPSA) is 53.5 Å². The van der Waals surface area contributed by atoms with Crippen molar-refractivity contribution in [1.29, 1.82) is 0 Å². The SMILES string of the molecule is CN1CCCc2cc(CN3CCCC3=O)c(C=O)nc21. The number of carbonyl (C=O) groups excluding carboxylic acids is 2. The van der Waals surface area contributed by atoms with Gasteiger partial charge in [-0.1, -0.05) is 0 Å². The zero-order valence-electron chi connectivity index (χ0n) is 11.8. The van der Waals surface area contributed by atoms with Crippen molar-refractivity contribution in [3.63, 3.8) is 0 Å². The fourth-order valence-corrected chi connectivity index (χ4v) is 3.04. The zero-order valence-corrected chi connectivity index (χ0v) is 11.8. The first-order valence-corrected chi connectivity index (χ1v) is 7.16. The number of carbonyl (C=O) groups is 2. The van der Waals surface area contributed by atoms with Crippen molar-refractivity contribution >= 4 is 18.0 Å². The second-order valence-electron chi connectivity index (χ2n) is 5.58. The molecule has 106 valence electrons. The third kappa shape index (κ3) is 2.28. The van der Waals surface area contributed by atoms with E-state index < -0.39 is 0 Å². The number of rotatable bonds is 3. The monoisotopic (exact) mass is 273 g/mol. The number of aldehydes is 1. The second kappa shape index (κ2) is 5.23. The third-order valence-electron chi connectivity index (χ3n) is 4.14. The molecule has 3 heterocycles. The molecule has 2 aliphatic rings. The summed E-state index contributed by atoms with van der Waals surface area (Å²) >= 11 is 0. The van der Waals surface area contributed by atoms with Crippen LogP contribution in [0.25, 0.3) is 0 Å². The summed E-state index contributed by atoms with van der Waals surface area (Å²) in [7, 11) is 2.00. The summed E-state index contributed by atoms with van der Waals surface area (Å²) in [6, 6.07) is 2.06. The Bertz CT molecular complexity index is 556. The van der Waals surface area contributed by atoms with Gasteiger partial charge in [0.25, 0.3) is 0 Å². The van der Waals surface area contributed by atoms with E-state index in [1.54, 1.807) is 0 Å². The van der Waals surface area contributed by atoms with Crippen molar-refractivity contribution < 1.29 is 9.59 Å². The number of nitrogens with zero attached hydrogens (tertiary/aromatic N) is 3. The van der Waals surface area contributed by atoms with Gasteiger partial charge in [-0.05, 0) is 30.9 Å². The lowest BCUT2D eigenvalue weighted by atomic mass is 10.0. The number of aromatic nitrogens is 1. The summed E-state index contributed by atoms with van der Waals surface area (Å²) in [5.41, 5.74) is 2.53. The maximum Gasteiger partial charge on any atom is 0.222 e. The molecule has 0 aromatic carbocycles. The number of fused-ring (bicyclic) bond motifs is 1. The first kappa shape index (κ1) is 13.1. The molecule has 0 radical (unpaired) electrons. The van der Waals surface area contributed by atoms with Crippen LogP contribution in [0, 0.1) is 0 Å². The molecule has 1 amide bonds. The summed E-state index contributed by atoms with van der Waals surface area (Å²) in [5, 5.41) is 0. The Morgan fingerprint density at radius 2 is 2.10 bits per heavy atom. The van der Waals surface area contributed by atoms with Crippen LogP contribution in [0.15, 0.2) is 6.07 Å². The maximum atomic E-state index is 11.7.